The molecule has 2 aromatic rings. The lowest BCUT2D eigenvalue weighted by molar-refractivity contribution is -0.384. The van der Waals surface area contributed by atoms with Crippen molar-refractivity contribution in [2.75, 3.05) is 18.0 Å². The fourth-order valence-corrected chi connectivity index (χ4v) is 2.96. The minimum Gasteiger partial charge on any atom is -0.343 e. The molecule has 8 heteroatoms. The van der Waals surface area contributed by atoms with Crippen molar-refractivity contribution in [1.82, 2.24) is 5.32 Å². The third-order valence-corrected chi connectivity index (χ3v) is 4.51. The predicted octanol–water partition coefficient (Wildman–Crippen LogP) is 2.68. The number of amides is 2. The van der Waals surface area contributed by atoms with E-state index < -0.39 is 4.92 Å². The second-order valence-corrected chi connectivity index (χ2v) is 6.47. The molecular formula is C17H14BrN3O4. The minimum absolute atomic E-state index is 0.0580. The standard InChI is InChI=1S/C17H14BrN3O4/c18-13-4-1-12(2-5-13)17(23)19-10-16(22)20-8-7-11-3-6-14(21(24)25)9-15(11)20/h1-6,9H,7-8,10H2,(H,19,23). The number of carbonyl (C=O) groups is 2. The number of non-ortho nitro benzene ring substituents is 1. The minimum atomic E-state index is -0.490. The third kappa shape index (κ3) is 3.69. The Labute approximate surface area is 151 Å². The summed E-state index contributed by atoms with van der Waals surface area (Å²) in [5, 5.41) is 13.5. The van der Waals surface area contributed by atoms with E-state index in [2.05, 4.69) is 21.2 Å². The number of hydrogen-bond acceptors (Lipinski definition) is 4. The number of fused-ring (bicyclic) bond motifs is 1. The number of nitro groups is 1. The van der Waals surface area contributed by atoms with Crippen LogP contribution >= 0.6 is 15.9 Å². The summed E-state index contributed by atoms with van der Waals surface area (Å²) in [5.74, 6) is -0.649. The van der Waals surface area contributed by atoms with Gasteiger partial charge in [0.25, 0.3) is 11.6 Å². The molecule has 0 atom stereocenters. The Morgan fingerprint density at radius 1 is 1.20 bits per heavy atom. The summed E-state index contributed by atoms with van der Waals surface area (Å²) in [6.45, 7) is 0.278. The summed E-state index contributed by atoms with van der Waals surface area (Å²) in [6, 6.07) is 11.3. The Bertz CT molecular complexity index is 851. The van der Waals surface area contributed by atoms with Crippen LogP contribution in [-0.4, -0.2) is 29.8 Å². The highest BCUT2D eigenvalue weighted by Crippen LogP contribution is 2.31. The molecule has 2 amide bonds. The molecule has 1 aliphatic heterocycles. The molecule has 1 aliphatic rings. The van der Waals surface area contributed by atoms with E-state index in [1.807, 2.05) is 0 Å². The Morgan fingerprint density at radius 2 is 1.92 bits per heavy atom. The Hall–Kier alpha value is -2.74. The van der Waals surface area contributed by atoms with Crippen LogP contribution in [-0.2, 0) is 11.2 Å². The van der Waals surface area contributed by atoms with Crippen molar-refractivity contribution in [2.24, 2.45) is 0 Å². The average Bonchev–Trinajstić information content (AvgIpc) is 3.03. The number of nitro benzene ring substituents is 1. The first-order valence-electron chi connectivity index (χ1n) is 7.57. The quantitative estimate of drug-likeness (QED) is 0.627. The van der Waals surface area contributed by atoms with Crippen molar-refractivity contribution in [3.8, 4) is 0 Å². The molecule has 0 bridgehead atoms. The zero-order chi connectivity index (χ0) is 18.0. The molecule has 0 aromatic heterocycles. The van der Waals surface area contributed by atoms with Crippen LogP contribution in [0, 0.1) is 10.1 Å². The largest absolute Gasteiger partial charge is 0.343 e. The van der Waals surface area contributed by atoms with Gasteiger partial charge in [0.1, 0.15) is 0 Å². The van der Waals surface area contributed by atoms with Crippen molar-refractivity contribution >= 4 is 39.1 Å². The molecule has 7 nitrogen and oxygen atoms in total. The number of nitrogens with one attached hydrogen (secondary N) is 1. The molecule has 2 aromatic carbocycles. The highest BCUT2D eigenvalue weighted by molar-refractivity contribution is 9.10. The predicted molar refractivity (Wildman–Crippen MR) is 95.6 cm³/mol. The summed E-state index contributed by atoms with van der Waals surface area (Å²) in [6.07, 6.45) is 0.639. The van der Waals surface area contributed by atoms with Crippen LogP contribution in [0.25, 0.3) is 0 Å². The number of benzene rings is 2. The van der Waals surface area contributed by atoms with E-state index in [9.17, 15) is 19.7 Å². The van der Waals surface area contributed by atoms with Crippen LogP contribution in [0.5, 0.6) is 0 Å². The highest BCUT2D eigenvalue weighted by Gasteiger charge is 2.26. The number of anilines is 1. The van der Waals surface area contributed by atoms with Crippen LogP contribution in [0.2, 0.25) is 0 Å². The molecule has 3 rings (SSSR count). The zero-order valence-electron chi connectivity index (χ0n) is 13.1. The molecular weight excluding hydrogens is 390 g/mol. The van der Waals surface area contributed by atoms with Gasteiger partial charge in [0.2, 0.25) is 5.91 Å². The fraction of sp³-hybridized carbons (Fsp3) is 0.176. The van der Waals surface area contributed by atoms with Gasteiger partial charge in [0.15, 0.2) is 0 Å². The van der Waals surface area contributed by atoms with E-state index in [-0.39, 0.29) is 24.0 Å². The van der Waals surface area contributed by atoms with Gasteiger partial charge < -0.3 is 10.2 Å². The summed E-state index contributed by atoms with van der Waals surface area (Å²) >= 11 is 3.29. The van der Waals surface area contributed by atoms with Crippen LogP contribution in [0.1, 0.15) is 15.9 Å². The zero-order valence-corrected chi connectivity index (χ0v) is 14.7. The summed E-state index contributed by atoms with van der Waals surface area (Å²) < 4.78 is 0.857. The van der Waals surface area contributed by atoms with E-state index >= 15 is 0 Å². The second-order valence-electron chi connectivity index (χ2n) is 5.56. The molecule has 0 saturated heterocycles. The molecule has 25 heavy (non-hydrogen) atoms. The van der Waals surface area contributed by atoms with Crippen molar-refractivity contribution in [2.45, 2.75) is 6.42 Å². The Balaban J connectivity index is 1.67. The van der Waals surface area contributed by atoms with Gasteiger partial charge in [-0.15, -0.1) is 0 Å². The molecule has 0 saturated carbocycles. The van der Waals surface area contributed by atoms with E-state index in [4.69, 9.17) is 0 Å². The van der Waals surface area contributed by atoms with Crippen molar-refractivity contribution < 1.29 is 14.5 Å². The lowest BCUT2D eigenvalue weighted by Crippen LogP contribution is -2.39. The number of rotatable bonds is 4. The molecule has 0 radical (unpaired) electrons. The van der Waals surface area contributed by atoms with E-state index in [0.717, 1.165) is 10.0 Å². The summed E-state index contributed by atoms with van der Waals surface area (Å²) in [7, 11) is 0. The monoisotopic (exact) mass is 403 g/mol. The lowest BCUT2D eigenvalue weighted by Gasteiger charge is -2.17. The molecule has 0 aliphatic carbocycles. The van der Waals surface area contributed by atoms with Gasteiger partial charge in [-0.1, -0.05) is 22.0 Å². The number of hydrogen-bond donors (Lipinski definition) is 1. The van der Waals surface area contributed by atoms with Crippen molar-refractivity contribution in [1.29, 1.82) is 0 Å². The molecule has 1 heterocycles. The van der Waals surface area contributed by atoms with Crippen molar-refractivity contribution in [3.05, 3.63) is 68.2 Å². The first-order chi connectivity index (χ1) is 12.0. The van der Waals surface area contributed by atoms with Gasteiger partial charge in [-0.2, -0.15) is 0 Å². The van der Waals surface area contributed by atoms with Gasteiger partial charge in [0.05, 0.1) is 17.2 Å². The Morgan fingerprint density at radius 3 is 2.60 bits per heavy atom. The van der Waals surface area contributed by atoms with Crippen molar-refractivity contribution in [3.63, 3.8) is 0 Å². The van der Waals surface area contributed by atoms with Gasteiger partial charge in [-0.25, -0.2) is 0 Å². The molecule has 0 unspecified atom stereocenters. The number of carbonyl (C=O) groups excluding carboxylic acids is 2. The van der Waals surface area contributed by atoms with Crippen LogP contribution in [0.4, 0.5) is 11.4 Å². The third-order valence-electron chi connectivity index (χ3n) is 3.98. The van der Waals surface area contributed by atoms with Gasteiger partial charge in [-0.3, -0.25) is 19.7 Å². The molecule has 1 N–H and O–H groups in total. The SMILES string of the molecule is O=C(NCC(=O)N1CCc2ccc([N+](=O)[O-])cc21)c1ccc(Br)cc1. The first-order valence-corrected chi connectivity index (χ1v) is 8.36. The maximum atomic E-state index is 12.4. The normalized spacial score (nSPS) is 12.6. The molecule has 0 fully saturated rings. The average molecular weight is 404 g/mol. The van der Waals surface area contributed by atoms with Gasteiger partial charge in [-0.05, 0) is 36.2 Å². The number of halogens is 1. The highest BCUT2D eigenvalue weighted by atomic mass is 79.9. The fourth-order valence-electron chi connectivity index (χ4n) is 2.69. The van der Waals surface area contributed by atoms with E-state index in [1.165, 1.54) is 17.0 Å². The van der Waals surface area contributed by atoms with Crippen LogP contribution in [0.15, 0.2) is 46.9 Å². The maximum absolute atomic E-state index is 12.4. The maximum Gasteiger partial charge on any atom is 0.271 e. The van der Waals surface area contributed by atoms with Gasteiger partial charge >= 0.3 is 0 Å². The second kappa shape index (κ2) is 7.02. The first kappa shape index (κ1) is 17.1. The number of nitrogens with zero attached hydrogens (tertiary/aromatic N) is 2. The Kier molecular flexibility index (Phi) is 4.80. The smallest absolute Gasteiger partial charge is 0.271 e. The van der Waals surface area contributed by atoms with E-state index in [1.54, 1.807) is 30.3 Å². The molecule has 128 valence electrons. The molecule has 0 spiro atoms. The van der Waals surface area contributed by atoms with Crippen LogP contribution < -0.4 is 10.2 Å². The lowest BCUT2D eigenvalue weighted by atomic mass is 10.1. The summed E-state index contributed by atoms with van der Waals surface area (Å²) in [5.41, 5.74) is 1.82. The van der Waals surface area contributed by atoms with Crippen LogP contribution in [0.3, 0.4) is 0 Å². The topological polar surface area (TPSA) is 92.6 Å². The van der Waals surface area contributed by atoms with E-state index in [0.29, 0.717) is 24.2 Å². The summed E-state index contributed by atoms with van der Waals surface area (Å²) in [4.78, 5) is 36.4. The van der Waals surface area contributed by atoms with Gasteiger partial charge in [0, 0.05) is 28.7 Å².